The third kappa shape index (κ3) is 3.41. The van der Waals surface area contributed by atoms with Crippen LogP contribution < -0.4 is 10.1 Å². The van der Waals surface area contributed by atoms with Gasteiger partial charge in [-0.15, -0.1) is 0 Å². The first-order chi connectivity index (χ1) is 11.6. The Hall–Kier alpha value is -2.79. The molecule has 0 saturated heterocycles. The van der Waals surface area contributed by atoms with Crippen LogP contribution in [0.15, 0.2) is 48.5 Å². The van der Waals surface area contributed by atoms with Gasteiger partial charge in [0, 0.05) is 23.0 Å². The number of anilines is 1. The van der Waals surface area contributed by atoms with Gasteiger partial charge in [-0.3, -0.25) is 0 Å². The summed E-state index contributed by atoms with van der Waals surface area (Å²) in [6.07, 6.45) is 0. The number of benzene rings is 2. The van der Waals surface area contributed by atoms with Gasteiger partial charge in [-0.05, 0) is 35.9 Å². The summed E-state index contributed by atoms with van der Waals surface area (Å²) < 4.78 is 5.19. The highest BCUT2D eigenvalue weighted by Gasteiger charge is 2.14. The summed E-state index contributed by atoms with van der Waals surface area (Å²) in [7, 11) is 1.57. The molecule has 0 atom stereocenters. The number of nitrogens with zero attached hydrogens (tertiary/aromatic N) is 1. The zero-order valence-electron chi connectivity index (χ0n) is 12.9. The Morgan fingerprint density at radius 3 is 2.79 bits per heavy atom. The van der Waals surface area contributed by atoms with E-state index in [1.165, 1.54) is 0 Å². The molecular weight excluding hydrogens is 328 g/mol. The molecule has 0 spiro atoms. The molecule has 5 nitrogen and oxygen atoms in total. The number of hydrogen-bond acceptors (Lipinski definition) is 4. The van der Waals surface area contributed by atoms with Crippen LogP contribution >= 0.6 is 11.6 Å². The van der Waals surface area contributed by atoms with Crippen molar-refractivity contribution in [3.05, 3.63) is 64.7 Å². The summed E-state index contributed by atoms with van der Waals surface area (Å²) >= 11 is 5.97. The normalized spacial score (nSPS) is 10.6. The van der Waals surface area contributed by atoms with Gasteiger partial charge in [-0.1, -0.05) is 23.7 Å². The number of ether oxygens (including phenoxy) is 1. The number of aromatic nitrogens is 1. The second kappa shape index (κ2) is 6.76. The van der Waals surface area contributed by atoms with Gasteiger partial charge in [0.05, 0.1) is 12.6 Å². The molecule has 1 heterocycles. The van der Waals surface area contributed by atoms with Gasteiger partial charge in [0.2, 0.25) is 0 Å². The highest BCUT2D eigenvalue weighted by Crippen LogP contribution is 2.25. The van der Waals surface area contributed by atoms with E-state index in [0.717, 1.165) is 10.9 Å². The lowest BCUT2D eigenvalue weighted by Crippen LogP contribution is -2.08. The van der Waals surface area contributed by atoms with E-state index in [9.17, 15) is 9.90 Å². The topological polar surface area (TPSA) is 71.5 Å². The highest BCUT2D eigenvalue weighted by atomic mass is 35.5. The van der Waals surface area contributed by atoms with Gasteiger partial charge < -0.3 is 15.2 Å². The number of rotatable bonds is 5. The fourth-order valence-corrected chi connectivity index (χ4v) is 2.62. The highest BCUT2D eigenvalue weighted by molar-refractivity contribution is 6.30. The van der Waals surface area contributed by atoms with Crippen LogP contribution in [0.5, 0.6) is 5.75 Å². The van der Waals surface area contributed by atoms with Crippen LogP contribution in [0.3, 0.4) is 0 Å². The van der Waals surface area contributed by atoms with Crippen molar-refractivity contribution in [1.82, 2.24) is 4.98 Å². The van der Waals surface area contributed by atoms with Gasteiger partial charge in [0.15, 0.2) is 0 Å². The summed E-state index contributed by atoms with van der Waals surface area (Å²) in [4.78, 5) is 16.0. The quantitative estimate of drug-likeness (QED) is 0.726. The van der Waals surface area contributed by atoms with Crippen molar-refractivity contribution in [2.24, 2.45) is 0 Å². The minimum atomic E-state index is -1.03. The zero-order valence-corrected chi connectivity index (χ0v) is 13.7. The molecule has 0 bridgehead atoms. The van der Waals surface area contributed by atoms with Gasteiger partial charge >= 0.3 is 5.97 Å². The Morgan fingerprint density at radius 1 is 1.25 bits per heavy atom. The van der Waals surface area contributed by atoms with Crippen LogP contribution in [0.2, 0.25) is 5.02 Å². The molecule has 6 heteroatoms. The summed E-state index contributed by atoms with van der Waals surface area (Å²) in [6, 6.07) is 14.3. The number of fused-ring (bicyclic) bond motifs is 1. The summed E-state index contributed by atoms with van der Waals surface area (Å²) in [6.45, 7) is 0.420. The average Bonchev–Trinajstić information content (AvgIpc) is 2.58. The summed E-state index contributed by atoms with van der Waals surface area (Å²) in [5.41, 5.74) is 1.72. The molecule has 122 valence electrons. The average molecular weight is 343 g/mol. The molecule has 3 aromatic rings. The first-order valence-corrected chi connectivity index (χ1v) is 7.65. The molecule has 0 fully saturated rings. The van der Waals surface area contributed by atoms with E-state index in [1.807, 2.05) is 18.2 Å². The minimum Gasteiger partial charge on any atom is -0.497 e. The van der Waals surface area contributed by atoms with E-state index >= 15 is 0 Å². The molecule has 0 radical (unpaired) electrons. The number of carbonyl (C=O) groups is 1. The lowest BCUT2D eigenvalue weighted by molar-refractivity contribution is 0.0697. The molecule has 0 saturated carbocycles. The van der Waals surface area contributed by atoms with E-state index in [2.05, 4.69) is 10.3 Å². The lowest BCUT2D eigenvalue weighted by Gasteiger charge is -2.11. The molecule has 0 unspecified atom stereocenters. The second-order valence-electron chi connectivity index (χ2n) is 5.23. The van der Waals surface area contributed by atoms with E-state index in [1.54, 1.807) is 37.4 Å². The van der Waals surface area contributed by atoms with Crippen LogP contribution in [0.1, 0.15) is 15.9 Å². The number of carboxylic acid groups (broad SMARTS) is 1. The first kappa shape index (κ1) is 16.1. The fraction of sp³-hybridized carbons (Fsp3) is 0.111. The minimum absolute atomic E-state index is 0.120. The monoisotopic (exact) mass is 342 g/mol. The van der Waals surface area contributed by atoms with Crippen molar-refractivity contribution >= 4 is 34.3 Å². The SMILES string of the molecule is COc1ccc2cc(C(=O)O)c(NCc3cccc(Cl)c3)nc2c1. The number of carboxylic acids is 1. The number of aromatic carboxylic acids is 1. The van der Waals surface area contributed by atoms with E-state index < -0.39 is 5.97 Å². The molecule has 1 aromatic heterocycles. The standard InChI is InChI=1S/C18H15ClN2O3/c1-24-14-6-5-12-8-15(18(22)23)17(21-16(12)9-14)20-10-11-3-2-4-13(19)7-11/h2-9H,10H2,1H3,(H,20,21)(H,22,23). The number of pyridine rings is 1. The maximum Gasteiger partial charge on any atom is 0.339 e. The molecule has 24 heavy (non-hydrogen) atoms. The predicted octanol–water partition coefficient (Wildman–Crippen LogP) is 4.21. The smallest absolute Gasteiger partial charge is 0.339 e. The van der Waals surface area contributed by atoms with Crippen molar-refractivity contribution in [1.29, 1.82) is 0 Å². The van der Waals surface area contributed by atoms with Crippen LogP contribution in [0.4, 0.5) is 5.82 Å². The Labute approximate surface area is 143 Å². The van der Waals surface area contributed by atoms with E-state index in [-0.39, 0.29) is 5.56 Å². The van der Waals surface area contributed by atoms with Crippen LogP contribution in [-0.2, 0) is 6.54 Å². The van der Waals surface area contributed by atoms with Gasteiger partial charge in [-0.2, -0.15) is 0 Å². The Morgan fingerprint density at radius 2 is 2.08 bits per heavy atom. The van der Waals surface area contributed by atoms with Crippen LogP contribution in [0.25, 0.3) is 10.9 Å². The molecule has 0 amide bonds. The molecule has 0 aliphatic heterocycles. The Kier molecular flexibility index (Phi) is 4.53. The van der Waals surface area contributed by atoms with Crippen molar-refractivity contribution in [2.45, 2.75) is 6.54 Å². The fourth-order valence-electron chi connectivity index (χ4n) is 2.40. The number of nitrogens with one attached hydrogen (secondary N) is 1. The third-order valence-corrected chi connectivity index (χ3v) is 3.84. The van der Waals surface area contributed by atoms with Crippen molar-refractivity contribution in [3.63, 3.8) is 0 Å². The molecule has 2 N–H and O–H groups in total. The molecular formula is C18H15ClN2O3. The summed E-state index contributed by atoms with van der Waals surface area (Å²) in [5, 5.41) is 13.9. The van der Waals surface area contributed by atoms with Crippen molar-refractivity contribution in [2.75, 3.05) is 12.4 Å². The number of halogens is 1. The maximum atomic E-state index is 11.5. The molecule has 3 rings (SSSR count). The molecule has 0 aliphatic carbocycles. The maximum absolute atomic E-state index is 11.5. The van der Waals surface area contributed by atoms with Crippen LogP contribution in [-0.4, -0.2) is 23.2 Å². The Bertz CT molecular complexity index is 912. The van der Waals surface area contributed by atoms with E-state index in [4.69, 9.17) is 16.3 Å². The van der Waals surface area contributed by atoms with Crippen LogP contribution in [0, 0.1) is 0 Å². The Balaban J connectivity index is 1.97. The lowest BCUT2D eigenvalue weighted by atomic mass is 10.1. The third-order valence-electron chi connectivity index (χ3n) is 3.60. The molecule has 0 aliphatic rings. The van der Waals surface area contributed by atoms with Gasteiger partial charge in [0.25, 0.3) is 0 Å². The number of methoxy groups -OCH3 is 1. The second-order valence-corrected chi connectivity index (χ2v) is 5.67. The van der Waals surface area contributed by atoms with E-state index in [0.29, 0.717) is 28.7 Å². The molecule has 2 aromatic carbocycles. The first-order valence-electron chi connectivity index (χ1n) is 7.27. The summed E-state index contributed by atoms with van der Waals surface area (Å²) in [5.74, 6) is -0.0593. The zero-order chi connectivity index (χ0) is 17.1. The largest absolute Gasteiger partial charge is 0.497 e. The van der Waals surface area contributed by atoms with Crippen molar-refractivity contribution < 1.29 is 14.6 Å². The van der Waals surface area contributed by atoms with Crippen molar-refractivity contribution in [3.8, 4) is 5.75 Å². The predicted molar refractivity (Wildman–Crippen MR) is 94.0 cm³/mol. The van der Waals surface area contributed by atoms with Gasteiger partial charge in [0.1, 0.15) is 17.1 Å². The number of hydrogen-bond donors (Lipinski definition) is 2. The van der Waals surface area contributed by atoms with Gasteiger partial charge in [-0.25, -0.2) is 9.78 Å².